The average Bonchev–Trinajstić information content (AvgIpc) is 2.46. The summed E-state index contributed by atoms with van der Waals surface area (Å²) in [6.45, 7) is 4.22. The van der Waals surface area contributed by atoms with Crippen molar-refractivity contribution < 1.29 is 4.79 Å². The van der Waals surface area contributed by atoms with Gasteiger partial charge in [0.05, 0.1) is 12.6 Å². The zero-order chi connectivity index (χ0) is 16.1. The van der Waals surface area contributed by atoms with Crippen molar-refractivity contribution in [2.24, 2.45) is 0 Å². The quantitative estimate of drug-likeness (QED) is 0.907. The number of carbonyl (C=O) groups excluding carboxylic acids is 1. The van der Waals surface area contributed by atoms with Crippen LogP contribution in [0, 0.1) is 6.92 Å². The predicted octanol–water partition coefficient (Wildman–Crippen LogP) is 1.59. The molecule has 2 aromatic rings. The Morgan fingerprint density at radius 3 is 2.59 bits per heavy atom. The van der Waals surface area contributed by atoms with E-state index >= 15 is 0 Å². The Hall–Kier alpha value is -2.34. The summed E-state index contributed by atoms with van der Waals surface area (Å²) >= 11 is 0. The second kappa shape index (κ2) is 7.09. The number of likely N-dealkylation sites (N-methyl/N-ethyl adjacent to an activating group) is 1. The van der Waals surface area contributed by atoms with E-state index in [0.29, 0.717) is 12.4 Å². The molecular weight excluding hydrogens is 278 g/mol. The van der Waals surface area contributed by atoms with Crippen LogP contribution in [0.2, 0.25) is 0 Å². The molecule has 2 aromatic heterocycles. The van der Waals surface area contributed by atoms with E-state index < -0.39 is 0 Å². The fraction of sp³-hybridized carbons (Fsp3) is 0.375. The Labute approximate surface area is 130 Å². The molecule has 0 aliphatic carbocycles. The van der Waals surface area contributed by atoms with Gasteiger partial charge in [-0.2, -0.15) is 0 Å². The molecule has 0 saturated heterocycles. The molecule has 0 fully saturated rings. The number of pyridine rings is 1. The van der Waals surface area contributed by atoms with Crippen LogP contribution in [0.25, 0.3) is 11.4 Å². The number of carbonyl (C=O) groups is 1. The van der Waals surface area contributed by atoms with Crippen LogP contribution in [0.5, 0.6) is 0 Å². The first-order valence-electron chi connectivity index (χ1n) is 7.15. The van der Waals surface area contributed by atoms with Gasteiger partial charge in [0, 0.05) is 35.4 Å². The van der Waals surface area contributed by atoms with Crippen LogP contribution in [0.1, 0.15) is 24.2 Å². The standard InChI is InChI=1S/C16H21N5O/c1-11(19-15(22)10-21(3)4)14-9-18-16(20-12(14)2)13-5-7-17-8-6-13/h5-9,11H,10H2,1-4H3,(H,19,22). The number of hydrogen-bond acceptors (Lipinski definition) is 5. The summed E-state index contributed by atoms with van der Waals surface area (Å²) in [4.78, 5) is 26.6. The number of rotatable bonds is 5. The van der Waals surface area contributed by atoms with Gasteiger partial charge in [-0.25, -0.2) is 9.97 Å². The van der Waals surface area contributed by atoms with Gasteiger partial charge in [0.2, 0.25) is 5.91 Å². The molecule has 1 atom stereocenters. The maximum absolute atomic E-state index is 11.8. The summed E-state index contributed by atoms with van der Waals surface area (Å²) < 4.78 is 0. The van der Waals surface area contributed by atoms with E-state index in [4.69, 9.17) is 0 Å². The minimum Gasteiger partial charge on any atom is -0.348 e. The highest BCUT2D eigenvalue weighted by atomic mass is 16.2. The van der Waals surface area contributed by atoms with E-state index in [0.717, 1.165) is 16.8 Å². The van der Waals surface area contributed by atoms with Gasteiger partial charge in [0.25, 0.3) is 0 Å². The molecule has 6 nitrogen and oxygen atoms in total. The lowest BCUT2D eigenvalue weighted by atomic mass is 10.1. The van der Waals surface area contributed by atoms with Gasteiger partial charge in [-0.05, 0) is 40.1 Å². The van der Waals surface area contributed by atoms with Crippen molar-refractivity contribution in [3.05, 3.63) is 42.0 Å². The van der Waals surface area contributed by atoms with E-state index in [1.807, 2.05) is 45.0 Å². The summed E-state index contributed by atoms with van der Waals surface area (Å²) in [5, 5.41) is 2.96. The maximum Gasteiger partial charge on any atom is 0.234 e. The molecule has 0 aliphatic rings. The van der Waals surface area contributed by atoms with E-state index in [9.17, 15) is 4.79 Å². The van der Waals surface area contributed by atoms with Crippen LogP contribution in [-0.4, -0.2) is 46.4 Å². The first-order chi connectivity index (χ1) is 10.5. The zero-order valence-corrected chi connectivity index (χ0v) is 13.4. The second-order valence-electron chi connectivity index (χ2n) is 5.50. The normalized spacial score (nSPS) is 12.2. The van der Waals surface area contributed by atoms with Gasteiger partial charge in [-0.3, -0.25) is 9.78 Å². The number of aryl methyl sites for hydroxylation is 1. The molecule has 0 aromatic carbocycles. The highest BCUT2D eigenvalue weighted by Gasteiger charge is 2.14. The Morgan fingerprint density at radius 1 is 1.32 bits per heavy atom. The first-order valence-corrected chi connectivity index (χ1v) is 7.15. The third-order valence-electron chi connectivity index (χ3n) is 3.26. The fourth-order valence-electron chi connectivity index (χ4n) is 2.19. The number of amides is 1. The molecule has 1 unspecified atom stereocenters. The van der Waals surface area contributed by atoms with Crippen molar-refractivity contribution >= 4 is 5.91 Å². The molecule has 0 bridgehead atoms. The Balaban J connectivity index is 2.14. The molecule has 22 heavy (non-hydrogen) atoms. The summed E-state index contributed by atoms with van der Waals surface area (Å²) in [7, 11) is 3.73. The zero-order valence-electron chi connectivity index (χ0n) is 13.4. The molecule has 116 valence electrons. The molecule has 0 spiro atoms. The molecule has 0 aliphatic heterocycles. The minimum atomic E-state index is -0.126. The van der Waals surface area contributed by atoms with Crippen LogP contribution in [0.3, 0.4) is 0 Å². The molecule has 0 radical (unpaired) electrons. The maximum atomic E-state index is 11.8. The lowest BCUT2D eigenvalue weighted by Gasteiger charge is -2.17. The molecular formula is C16H21N5O. The van der Waals surface area contributed by atoms with E-state index in [-0.39, 0.29) is 11.9 Å². The van der Waals surface area contributed by atoms with Gasteiger partial charge in [-0.1, -0.05) is 0 Å². The SMILES string of the molecule is Cc1nc(-c2ccncc2)ncc1C(C)NC(=O)CN(C)C. The highest BCUT2D eigenvalue weighted by Crippen LogP contribution is 2.19. The highest BCUT2D eigenvalue weighted by molar-refractivity contribution is 5.78. The van der Waals surface area contributed by atoms with Crippen molar-refractivity contribution in [2.75, 3.05) is 20.6 Å². The molecule has 1 amide bonds. The molecule has 2 rings (SSSR count). The number of aromatic nitrogens is 3. The number of nitrogens with zero attached hydrogens (tertiary/aromatic N) is 4. The van der Waals surface area contributed by atoms with Gasteiger partial charge in [0.15, 0.2) is 5.82 Å². The topological polar surface area (TPSA) is 71.0 Å². The third kappa shape index (κ3) is 4.08. The van der Waals surface area contributed by atoms with E-state index in [1.165, 1.54) is 0 Å². The Bertz CT molecular complexity index is 642. The van der Waals surface area contributed by atoms with Crippen LogP contribution in [-0.2, 0) is 4.79 Å². The summed E-state index contributed by atoms with van der Waals surface area (Å²) in [6, 6.07) is 3.62. The fourth-order valence-corrected chi connectivity index (χ4v) is 2.19. The molecule has 1 N–H and O–H groups in total. The lowest BCUT2D eigenvalue weighted by molar-refractivity contribution is -0.122. The van der Waals surface area contributed by atoms with Crippen LogP contribution >= 0.6 is 0 Å². The predicted molar refractivity (Wildman–Crippen MR) is 85.1 cm³/mol. The van der Waals surface area contributed by atoms with Crippen molar-refractivity contribution in [2.45, 2.75) is 19.9 Å². The monoisotopic (exact) mass is 299 g/mol. The van der Waals surface area contributed by atoms with Crippen molar-refractivity contribution in [1.82, 2.24) is 25.2 Å². The summed E-state index contributed by atoms with van der Waals surface area (Å²) in [6.07, 6.45) is 5.21. The minimum absolute atomic E-state index is 0.0184. The van der Waals surface area contributed by atoms with Gasteiger partial charge < -0.3 is 10.2 Å². The van der Waals surface area contributed by atoms with Crippen molar-refractivity contribution in [3.8, 4) is 11.4 Å². The Morgan fingerprint density at radius 2 is 2.00 bits per heavy atom. The second-order valence-corrected chi connectivity index (χ2v) is 5.50. The number of nitrogens with one attached hydrogen (secondary N) is 1. The van der Waals surface area contributed by atoms with E-state index in [2.05, 4.69) is 20.3 Å². The lowest BCUT2D eigenvalue weighted by Crippen LogP contribution is -2.35. The van der Waals surface area contributed by atoms with Gasteiger partial charge in [-0.15, -0.1) is 0 Å². The molecule has 6 heteroatoms. The van der Waals surface area contributed by atoms with E-state index in [1.54, 1.807) is 18.6 Å². The van der Waals surface area contributed by atoms with Crippen molar-refractivity contribution in [1.29, 1.82) is 0 Å². The summed E-state index contributed by atoms with van der Waals surface area (Å²) in [5.41, 5.74) is 2.71. The molecule has 0 saturated carbocycles. The van der Waals surface area contributed by atoms with Crippen LogP contribution in [0.15, 0.2) is 30.7 Å². The Kier molecular flexibility index (Phi) is 5.16. The smallest absolute Gasteiger partial charge is 0.234 e. The van der Waals surface area contributed by atoms with Gasteiger partial charge >= 0.3 is 0 Å². The first kappa shape index (κ1) is 16.0. The summed E-state index contributed by atoms with van der Waals surface area (Å²) in [5.74, 6) is 0.644. The van der Waals surface area contributed by atoms with Crippen LogP contribution in [0.4, 0.5) is 0 Å². The third-order valence-corrected chi connectivity index (χ3v) is 3.26. The van der Waals surface area contributed by atoms with Crippen molar-refractivity contribution in [3.63, 3.8) is 0 Å². The average molecular weight is 299 g/mol. The van der Waals surface area contributed by atoms with Crippen LogP contribution < -0.4 is 5.32 Å². The largest absolute Gasteiger partial charge is 0.348 e. The molecule has 2 heterocycles. The number of hydrogen-bond donors (Lipinski definition) is 1. The van der Waals surface area contributed by atoms with Gasteiger partial charge in [0.1, 0.15) is 0 Å².